The summed E-state index contributed by atoms with van der Waals surface area (Å²) >= 11 is 0. The minimum atomic E-state index is -0.206. The van der Waals surface area contributed by atoms with E-state index in [0.717, 1.165) is 17.1 Å². The van der Waals surface area contributed by atoms with Gasteiger partial charge in [0.1, 0.15) is 11.5 Å². The number of carbonyl (C=O) groups is 1. The van der Waals surface area contributed by atoms with Crippen LogP contribution in [0.2, 0.25) is 0 Å². The van der Waals surface area contributed by atoms with Crippen LogP contribution in [0.5, 0.6) is 0 Å². The number of urea groups is 1. The Kier molecular flexibility index (Phi) is 5.42. The summed E-state index contributed by atoms with van der Waals surface area (Å²) in [6.45, 7) is 9.55. The van der Waals surface area contributed by atoms with Gasteiger partial charge in [-0.3, -0.25) is 0 Å². The Morgan fingerprint density at radius 3 is 2.37 bits per heavy atom. The molecule has 2 N–H and O–H groups in total. The van der Waals surface area contributed by atoms with Gasteiger partial charge in [-0.15, -0.1) is 0 Å². The fourth-order valence-corrected chi connectivity index (χ4v) is 1.92. The second-order valence-electron chi connectivity index (χ2n) is 4.94. The molecule has 0 aliphatic carbocycles. The van der Waals surface area contributed by atoms with Crippen molar-refractivity contribution in [3.63, 3.8) is 0 Å². The van der Waals surface area contributed by atoms with Crippen LogP contribution in [-0.2, 0) is 4.74 Å². The zero-order valence-electron chi connectivity index (χ0n) is 12.5. The maximum atomic E-state index is 11.9. The first-order valence-electron chi connectivity index (χ1n) is 6.52. The molecule has 0 fully saturated rings. The van der Waals surface area contributed by atoms with Gasteiger partial charge in [-0.25, -0.2) is 4.79 Å². The molecule has 1 aromatic rings. The van der Waals surface area contributed by atoms with Crippen molar-refractivity contribution in [3.8, 4) is 0 Å². The number of amides is 2. The summed E-state index contributed by atoms with van der Waals surface area (Å²) in [4.78, 5) is 11.9. The van der Waals surface area contributed by atoms with Crippen LogP contribution in [0.4, 0.5) is 4.79 Å². The number of rotatable bonds is 5. The summed E-state index contributed by atoms with van der Waals surface area (Å²) in [6, 6.07) is 1.59. The van der Waals surface area contributed by atoms with Crippen molar-refractivity contribution in [1.29, 1.82) is 0 Å². The molecule has 0 saturated heterocycles. The fraction of sp³-hybridized carbons (Fsp3) is 0.643. The Hall–Kier alpha value is -1.49. The van der Waals surface area contributed by atoms with Gasteiger partial charge in [-0.05, 0) is 40.7 Å². The third-order valence-corrected chi connectivity index (χ3v) is 3.33. The quantitative estimate of drug-likeness (QED) is 0.863. The molecule has 19 heavy (non-hydrogen) atoms. The van der Waals surface area contributed by atoms with E-state index in [0.29, 0.717) is 0 Å². The summed E-state index contributed by atoms with van der Waals surface area (Å²) < 4.78 is 10.6. The number of hydrogen-bond donors (Lipinski definition) is 2. The molecule has 0 saturated carbocycles. The second kappa shape index (κ2) is 6.61. The first-order valence-corrected chi connectivity index (χ1v) is 6.52. The Morgan fingerprint density at radius 2 is 1.89 bits per heavy atom. The number of methoxy groups -OCH3 is 1. The van der Waals surface area contributed by atoms with Crippen molar-refractivity contribution in [2.24, 2.45) is 0 Å². The summed E-state index contributed by atoms with van der Waals surface area (Å²) in [7, 11) is 1.63. The van der Waals surface area contributed by atoms with Gasteiger partial charge >= 0.3 is 6.03 Å². The maximum absolute atomic E-state index is 11.9. The average Bonchev–Trinajstić information content (AvgIpc) is 2.67. The highest BCUT2D eigenvalue weighted by Gasteiger charge is 2.18. The van der Waals surface area contributed by atoms with Crippen LogP contribution in [0.25, 0.3) is 0 Å². The summed E-state index contributed by atoms with van der Waals surface area (Å²) in [5, 5.41) is 5.75. The van der Waals surface area contributed by atoms with Crippen LogP contribution in [-0.4, -0.2) is 25.3 Å². The highest BCUT2D eigenvalue weighted by molar-refractivity contribution is 5.74. The molecule has 0 unspecified atom stereocenters. The highest BCUT2D eigenvalue weighted by Crippen LogP contribution is 2.20. The van der Waals surface area contributed by atoms with Crippen LogP contribution in [0.1, 0.15) is 43.9 Å². The van der Waals surface area contributed by atoms with E-state index < -0.39 is 0 Å². The number of aryl methyl sites for hydroxylation is 2. The van der Waals surface area contributed by atoms with Gasteiger partial charge in [0, 0.05) is 12.7 Å². The Labute approximate surface area is 114 Å². The summed E-state index contributed by atoms with van der Waals surface area (Å²) in [5.74, 6) is 1.69. The molecule has 0 bridgehead atoms. The lowest BCUT2D eigenvalue weighted by molar-refractivity contribution is 0.0910. The zero-order chi connectivity index (χ0) is 14.6. The molecule has 0 aliphatic heterocycles. The topological polar surface area (TPSA) is 63.5 Å². The van der Waals surface area contributed by atoms with Crippen molar-refractivity contribution < 1.29 is 13.9 Å². The maximum Gasteiger partial charge on any atom is 0.315 e. The minimum absolute atomic E-state index is 0.0287. The Balaban J connectivity index is 2.55. The average molecular weight is 268 g/mol. The summed E-state index contributed by atoms with van der Waals surface area (Å²) in [6.07, 6.45) is -0.0287. The predicted octanol–water partition coefficient (Wildman–Crippen LogP) is 2.68. The molecular formula is C14H24N2O3. The molecule has 0 spiro atoms. The fourth-order valence-electron chi connectivity index (χ4n) is 1.92. The number of ether oxygens (including phenoxy) is 1. The number of carbonyl (C=O) groups excluding carboxylic acids is 1. The van der Waals surface area contributed by atoms with Crippen LogP contribution < -0.4 is 10.6 Å². The van der Waals surface area contributed by atoms with Crippen molar-refractivity contribution in [2.45, 2.75) is 52.8 Å². The van der Waals surface area contributed by atoms with E-state index in [4.69, 9.17) is 9.15 Å². The van der Waals surface area contributed by atoms with Gasteiger partial charge in [0.05, 0.1) is 18.2 Å². The van der Waals surface area contributed by atoms with Gasteiger partial charge in [-0.2, -0.15) is 0 Å². The third kappa shape index (κ3) is 4.28. The first kappa shape index (κ1) is 15.6. The van der Waals surface area contributed by atoms with E-state index in [1.165, 1.54) is 0 Å². The number of nitrogens with one attached hydrogen (secondary N) is 2. The molecule has 3 atom stereocenters. The van der Waals surface area contributed by atoms with Crippen LogP contribution >= 0.6 is 0 Å². The predicted molar refractivity (Wildman–Crippen MR) is 74.2 cm³/mol. The number of furan rings is 1. The Bertz CT molecular complexity index is 428. The standard InChI is InChI=1S/C14H24N2O3/c1-8-7-13(12(5)19-8)10(3)16-14(17)15-9(2)11(4)18-6/h7,9-11H,1-6H3,(H2,15,16,17)/t9-,10+,11-/m0/s1. The monoisotopic (exact) mass is 268 g/mol. The molecule has 0 aromatic carbocycles. The molecule has 0 radical (unpaired) electrons. The molecule has 1 heterocycles. The first-order chi connectivity index (χ1) is 8.85. The van der Waals surface area contributed by atoms with E-state index in [-0.39, 0.29) is 24.2 Å². The summed E-state index contributed by atoms with van der Waals surface area (Å²) in [5.41, 5.74) is 1.00. The van der Waals surface area contributed by atoms with Crippen LogP contribution in [0, 0.1) is 13.8 Å². The van der Waals surface area contributed by atoms with Gasteiger partial charge in [0.2, 0.25) is 0 Å². The normalized spacial score (nSPS) is 15.7. The van der Waals surface area contributed by atoms with E-state index in [1.54, 1.807) is 7.11 Å². The van der Waals surface area contributed by atoms with Crippen molar-refractivity contribution in [3.05, 3.63) is 23.2 Å². The van der Waals surface area contributed by atoms with Crippen LogP contribution in [0.15, 0.2) is 10.5 Å². The molecule has 5 nitrogen and oxygen atoms in total. The minimum Gasteiger partial charge on any atom is -0.466 e. The van der Waals surface area contributed by atoms with Crippen molar-refractivity contribution in [1.82, 2.24) is 10.6 Å². The Morgan fingerprint density at radius 1 is 1.26 bits per heavy atom. The van der Waals surface area contributed by atoms with Gasteiger partial charge in [-0.1, -0.05) is 0 Å². The smallest absolute Gasteiger partial charge is 0.315 e. The molecular weight excluding hydrogens is 244 g/mol. The van der Waals surface area contributed by atoms with E-state index in [2.05, 4.69) is 10.6 Å². The van der Waals surface area contributed by atoms with Gasteiger partial charge < -0.3 is 19.8 Å². The molecule has 1 rings (SSSR count). The molecule has 5 heteroatoms. The van der Waals surface area contributed by atoms with Gasteiger partial charge in [0.25, 0.3) is 0 Å². The third-order valence-electron chi connectivity index (χ3n) is 3.33. The lowest BCUT2D eigenvalue weighted by Gasteiger charge is -2.21. The largest absolute Gasteiger partial charge is 0.466 e. The molecule has 1 aromatic heterocycles. The van der Waals surface area contributed by atoms with Crippen molar-refractivity contribution in [2.75, 3.05) is 7.11 Å². The molecule has 0 aliphatic rings. The lowest BCUT2D eigenvalue weighted by atomic mass is 10.1. The molecule has 2 amide bonds. The highest BCUT2D eigenvalue weighted by atomic mass is 16.5. The van der Waals surface area contributed by atoms with Gasteiger partial charge in [0.15, 0.2) is 0 Å². The van der Waals surface area contributed by atoms with E-state index in [9.17, 15) is 4.79 Å². The van der Waals surface area contributed by atoms with Crippen LogP contribution in [0.3, 0.4) is 0 Å². The lowest BCUT2D eigenvalue weighted by Crippen LogP contribution is -2.46. The SMILES string of the molecule is CO[C@@H](C)[C@H](C)NC(=O)N[C@H](C)c1cc(C)oc1C. The molecule has 108 valence electrons. The second-order valence-corrected chi connectivity index (χ2v) is 4.94. The zero-order valence-corrected chi connectivity index (χ0v) is 12.5. The van der Waals surface area contributed by atoms with Crippen molar-refractivity contribution >= 4 is 6.03 Å². The van der Waals surface area contributed by atoms with E-state index >= 15 is 0 Å². The van der Waals surface area contributed by atoms with E-state index in [1.807, 2.05) is 40.7 Å². The number of hydrogen-bond acceptors (Lipinski definition) is 3.